The molecule has 5 aromatic rings. The Morgan fingerprint density at radius 2 is 1.62 bits per heavy atom. The summed E-state index contributed by atoms with van der Waals surface area (Å²) in [4.78, 5) is 11.3. The van der Waals surface area contributed by atoms with E-state index < -0.39 is 49.7 Å². The van der Waals surface area contributed by atoms with Crippen molar-refractivity contribution in [3.8, 4) is 22.6 Å². The van der Waals surface area contributed by atoms with Crippen LogP contribution in [0, 0.1) is 17.5 Å². The first-order valence-corrected chi connectivity index (χ1v) is 14.1. The molecule has 0 amide bonds. The average molecular weight is 606 g/mol. The van der Waals surface area contributed by atoms with Gasteiger partial charge >= 0.3 is 6.18 Å². The van der Waals surface area contributed by atoms with E-state index in [1.807, 2.05) is 0 Å². The maximum absolute atomic E-state index is 15.9. The van der Waals surface area contributed by atoms with Crippen molar-refractivity contribution >= 4 is 21.4 Å². The number of fused-ring (bicyclic) bond motifs is 1. The van der Waals surface area contributed by atoms with E-state index in [4.69, 9.17) is 5.73 Å². The molecule has 0 aliphatic carbocycles. The van der Waals surface area contributed by atoms with Crippen molar-refractivity contribution in [3.63, 3.8) is 0 Å². The van der Waals surface area contributed by atoms with Crippen LogP contribution in [0.3, 0.4) is 0 Å². The molecule has 0 spiro atoms. The fourth-order valence-corrected chi connectivity index (χ4v) is 6.12. The SMILES string of the molecule is Nc1nccc(-c2c(-c3cccc(CCCCS(=O)(=O)c4c(F)cccc4F)c3F)nc3cc(C(F)(F)F)ccn23)n1. The van der Waals surface area contributed by atoms with E-state index in [-0.39, 0.29) is 59.1 Å². The summed E-state index contributed by atoms with van der Waals surface area (Å²) in [5.74, 6) is -3.77. The van der Waals surface area contributed by atoms with E-state index in [1.165, 1.54) is 34.9 Å². The number of hydrogen-bond donors (Lipinski definition) is 1. The number of anilines is 1. The van der Waals surface area contributed by atoms with Crippen molar-refractivity contribution < 1.29 is 34.8 Å². The van der Waals surface area contributed by atoms with Crippen LogP contribution in [0.2, 0.25) is 0 Å². The Morgan fingerprint density at radius 3 is 2.31 bits per heavy atom. The molecule has 7 nitrogen and oxygen atoms in total. The van der Waals surface area contributed by atoms with Gasteiger partial charge in [0, 0.05) is 18.0 Å². The minimum Gasteiger partial charge on any atom is -0.368 e. The molecule has 3 heterocycles. The highest BCUT2D eigenvalue weighted by Crippen LogP contribution is 2.37. The minimum atomic E-state index is -4.63. The molecule has 2 aromatic carbocycles. The summed E-state index contributed by atoms with van der Waals surface area (Å²) in [7, 11) is -4.26. The smallest absolute Gasteiger partial charge is 0.368 e. The van der Waals surface area contributed by atoms with Crippen molar-refractivity contribution in [2.45, 2.75) is 30.3 Å². The monoisotopic (exact) mass is 605 g/mol. The molecular weight excluding hydrogens is 584 g/mol. The lowest BCUT2D eigenvalue weighted by atomic mass is 10.0. The zero-order chi connectivity index (χ0) is 30.2. The van der Waals surface area contributed by atoms with Crippen LogP contribution in [-0.4, -0.2) is 33.5 Å². The molecular formula is C28H21F6N5O2S. The highest BCUT2D eigenvalue weighted by molar-refractivity contribution is 7.91. The molecule has 218 valence electrons. The summed E-state index contributed by atoms with van der Waals surface area (Å²) in [5.41, 5.74) is 5.21. The number of nitrogens with zero attached hydrogens (tertiary/aromatic N) is 4. The lowest BCUT2D eigenvalue weighted by Crippen LogP contribution is -2.11. The van der Waals surface area contributed by atoms with Crippen molar-refractivity contribution in [2.75, 3.05) is 11.5 Å². The van der Waals surface area contributed by atoms with Crippen molar-refractivity contribution in [3.05, 3.63) is 95.6 Å². The summed E-state index contributed by atoms with van der Waals surface area (Å²) in [5, 5.41) is 0. The number of unbranched alkanes of at least 4 members (excludes halogenated alkanes) is 1. The molecule has 0 bridgehead atoms. The number of benzene rings is 2. The summed E-state index contributed by atoms with van der Waals surface area (Å²) in [6.45, 7) is 0. The van der Waals surface area contributed by atoms with Gasteiger partial charge in [-0.2, -0.15) is 13.2 Å². The molecule has 0 radical (unpaired) electrons. The number of sulfone groups is 1. The standard InChI is InChI=1S/C28H21F6N5O2S/c29-19-8-4-9-20(30)26(19)42(40,41)14-2-1-5-16-6-3-7-18(23(16)31)24-25(21-10-12-36-27(35)37-21)39-13-11-17(28(32,33)34)15-22(39)38-24/h3-4,6-13,15H,1-2,5,14H2,(H2,35,36,37). The summed E-state index contributed by atoms with van der Waals surface area (Å²) < 4.78 is 110. The third kappa shape index (κ3) is 5.66. The second kappa shape index (κ2) is 11.1. The van der Waals surface area contributed by atoms with Crippen LogP contribution in [0.4, 0.5) is 32.3 Å². The molecule has 3 aromatic heterocycles. The Bertz CT molecular complexity index is 1890. The molecule has 5 rings (SSSR count). The van der Waals surface area contributed by atoms with Gasteiger partial charge in [-0.15, -0.1) is 0 Å². The molecule has 0 saturated carbocycles. The lowest BCUT2D eigenvalue weighted by Gasteiger charge is -2.10. The molecule has 14 heteroatoms. The number of aromatic nitrogens is 4. The van der Waals surface area contributed by atoms with Gasteiger partial charge in [-0.25, -0.2) is 36.5 Å². The van der Waals surface area contributed by atoms with Gasteiger partial charge in [-0.05, 0) is 61.2 Å². The number of rotatable bonds is 8. The van der Waals surface area contributed by atoms with Crippen molar-refractivity contribution in [2.24, 2.45) is 0 Å². The van der Waals surface area contributed by atoms with Crippen molar-refractivity contribution in [1.29, 1.82) is 0 Å². The normalized spacial score (nSPS) is 12.2. The number of alkyl halides is 3. The van der Waals surface area contributed by atoms with E-state index >= 15 is 4.39 Å². The predicted octanol–water partition coefficient (Wildman–Crippen LogP) is 6.27. The largest absolute Gasteiger partial charge is 0.416 e. The van der Waals surface area contributed by atoms with Gasteiger partial charge in [0.1, 0.15) is 33.7 Å². The number of halogens is 6. The second-order valence-electron chi connectivity index (χ2n) is 9.36. The summed E-state index contributed by atoms with van der Waals surface area (Å²) in [6.07, 6.45) is -1.92. The number of nitrogen functional groups attached to an aromatic ring is 1. The maximum atomic E-state index is 15.9. The number of aryl methyl sites for hydroxylation is 1. The average Bonchev–Trinajstić information content (AvgIpc) is 3.30. The molecule has 0 saturated heterocycles. The van der Waals surface area contributed by atoms with Crippen LogP contribution in [0.25, 0.3) is 28.3 Å². The Hall–Kier alpha value is -4.46. The fraction of sp³-hybridized carbons (Fsp3) is 0.179. The van der Waals surface area contributed by atoms with Gasteiger partial charge < -0.3 is 5.73 Å². The van der Waals surface area contributed by atoms with Crippen LogP contribution >= 0.6 is 0 Å². The van der Waals surface area contributed by atoms with E-state index in [9.17, 15) is 30.4 Å². The van der Waals surface area contributed by atoms with Crippen LogP contribution < -0.4 is 5.73 Å². The molecule has 2 N–H and O–H groups in total. The first-order valence-electron chi connectivity index (χ1n) is 12.5. The Labute approximate surface area is 235 Å². The quantitative estimate of drug-likeness (QED) is 0.165. The molecule has 0 atom stereocenters. The number of hydrogen-bond acceptors (Lipinski definition) is 6. The molecule has 0 aliphatic heterocycles. The van der Waals surface area contributed by atoms with Crippen LogP contribution in [0.1, 0.15) is 24.0 Å². The van der Waals surface area contributed by atoms with Gasteiger partial charge in [-0.3, -0.25) is 4.40 Å². The van der Waals surface area contributed by atoms with Gasteiger partial charge in [0.05, 0.1) is 22.7 Å². The Balaban J connectivity index is 1.47. The van der Waals surface area contributed by atoms with Gasteiger partial charge in [-0.1, -0.05) is 18.2 Å². The maximum Gasteiger partial charge on any atom is 0.416 e. The number of nitrogens with two attached hydrogens (primary N) is 1. The topological polar surface area (TPSA) is 103 Å². The third-order valence-electron chi connectivity index (χ3n) is 6.54. The molecule has 0 unspecified atom stereocenters. The predicted molar refractivity (Wildman–Crippen MR) is 142 cm³/mol. The summed E-state index contributed by atoms with van der Waals surface area (Å²) >= 11 is 0. The van der Waals surface area contributed by atoms with Gasteiger partial charge in [0.25, 0.3) is 0 Å². The van der Waals surface area contributed by atoms with E-state index in [1.54, 1.807) is 0 Å². The molecule has 0 aliphatic rings. The van der Waals surface area contributed by atoms with Crippen molar-refractivity contribution in [1.82, 2.24) is 19.4 Å². The third-order valence-corrected chi connectivity index (χ3v) is 8.38. The second-order valence-corrected chi connectivity index (χ2v) is 11.4. The zero-order valence-electron chi connectivity index (χ0n) is 21.5. The van der Waals surface area contributed by atoms with E-state index in [0.717, 1.165) is 36.5 Å². The first kappa shape index (κ1) is 29.0. The van der Waals surface area contributed by atoms with Gasteiger partial charge in [0.15, 0.2) is 9.84 Å². The lowest BCUT2D eigenvalue weighted by molar-refractivity contribution is -0.137. The number of pyridine rings is 1. The highest BCUT2D eigenvalue weighted by atomic mass is 32.2. The molecule has 42 heavy (non-hydrogen) atoms. The molecule has 0 fully saturated rings. The first-order chi connectivity index (χ1) is 19.9. The van der Waals surface area contributed by atoms with E-state index in [0.29, 0.717) is 0 Å². The highest BCUT2D eigenvalue weighted by Gasteiger charge is 2.32. The minimum absolute atomic E-state index is 0.00406. The van der Waals surface area contributed by atoms with Crippen LogP contribution in [-0.2, 0) is 22.4 Å². The summed E-state index contributed by atoms with van der Waals surface area (Å²) in [6, 6.07) is 10.3. The number of imidazole rings is 1. The zero-order valence-corrected chi connectivity index (χ0v) is 22.4. The van der Waals surface area contributed by atoms with Crippen LogP contribution in [0.15, 0.2) is 71.9 Å². The van der Waals surface area contributed by atoms with E-state index in [2.05, 4.69) is 15.0 Å². The van der Waals surface area contributed by atoms with Gasteiger partial charge in [0.2, 0.25) is 5.95 Å². The Morgan fingerprint density at radius 1 is 0.905 bits per heavy atom. The van der Waals surface area contributed by atoms with Crippen LogP contribution in [0.5, 0.6) is 0 Å². The Kier molecular flexibility index (Phi) is 7.66. The fourth-order valence-electron chi connectivity index (χ4n) is 4.60.